The van der Waals surface area contributed by atoms with E-state index in [9.17, 15) is 18.4 Å². The molecule has 0 aromatic heterocycles. The van der Waals surface area contributed by atoms with Gasteiger partial charge in [0.2, 0.25) is 5.91 Å². The Balaban J connectivity index is 1.81. The van der Waals surface area contributed by atoms with Crippen LogP contribution in [0, 0.1) is 11.6 Å². The summed E-state index contributed by atoms with van der Waals surface area (Å²) in [5, 5.41) is 5.20. The summed E-state index contributed by atoms with van der Waals surface area (Å²) < 4.78 is 25.7. The minimum Gasteiger partial charge on any atom is -0.352 e. The molecular weight excluding hydrogens is 266 g/mol. The average Bonchev–Trinajstić information content (AvgIpc) is 2.92. The Bertz CT molecular complexity index is 514. The van der Waals surface area contributed by atoms with Crippen LogP contribution in [0.15, 0.2) is 18.2 Å². The fourth-order valence-corrected chi connectivity index (χ4v) is 2.25. The molecular formula is C14H16F2N2O2. The van der Waals surface area contributed by atoms with E-state index in [4.69, 9.17) is 0 Å². The first kappa shape index (κ1) is 14.4. The summed E-state index contributed by atoms with van der Waals surface area (Å²) in [6, 6.07) is 3.04. The van der Waals surface area contributed by atoms with Crippen molar-refractivity contribution in [2.75, 3.05) is 6.54 Å². The van der Waals surface area contributed by atoms with Crippen molar-refractivity contribution >= 4 is 11.8 Å². The highest BCUT2D eigenvalue weighted by Gasteiger charge is 2.17. The van der Waals surface area contributed by atoms with E-state index >= 15 is 0 Å². The lowest BCUT2D eigenvalue weighted by atomic mass is 10.2. The number of benzene rings is 1. The van der Waals surface area contributed by atoms with Crippen LogP contribution >= 0.6 is 0 Å². The predicted molar refractivity (Wildman–Crippen MR) is 69.1 cm³/mol. The van der Waals surface area contributed by atoms with Crippen LogP contribution < -0.4 is 10.6 Å². The number of amides is 2. The zero-order valence-corrected chi connectivity index (χ0v) is 10.9. The van der Waals surface area contributed by atoms with E-state index < -0.39 is 17.5 Å². The van der Waals surface area contributed by atoms with E-state index in [1.54, 1.807) is 0 Å². The topological polar surface area (TPSA) is 58.2 Å². The molecule has 0 radical (unpaired) electrons. The molecule has 1 aromatic rings. The van der Waals surface area contributed by atoms with Crippen molar-refractivity contribution in [1.29, 1.82) is 0 Å². The van der Waals surface area contributed by atoms with Gasteiger partial charge in [-0.05, 0) is 31.0 Å². The second-order valence-corrected chi connectivity index (χ2v) is 4.86. The molecule has 6 heteroatoms. The van der Waals surface area contributed by atoms with Gasteiger partial charge in [-0.3, -0.25) is 9.59 Å². The predicted octanol–water partition coefficient (Wildman–Crippen LogP) is 1.75. The molecule has 2 rings (SSSR count). The fourth-order valence-electron chi connectivity index (χ4n) is 2.25. The minimum absolute atomic E-state index is 0.0161. The van der Waals surface area contributed by atoms with Gasteiger partial charge < -0.3 is 10.6 Å². The van der Waals surface area contributed by atoms with Gasteiger partial charge >= 0.3 is 0 Å². The summed E-state index contributed by atoms with van der Waals surface area (Å²) in [7, 11) is 0. The number of hydrogen-bond donors (Lipinski definition) is 2. The minimum atomic E-state index is -1.09. The molecule has 1 aromatic carbocycles. The van der Waals surface area contributed by atoms with Crippen LogP contribution in [0.3, 0.4) is 0 Å². The van der Waals surface area contributed by atoms with Crippen LogP contribution in [0.2, 0.25) is 0 Å². The van der Waals surface area contributed by atoms with Gasteiger partial charge in [-0.15, -0.1) is 0 Å². The normalized spacial score (nSPS) is 15.1. The van der Waals surface area contributed by atoms with Crippen molar-refractivity contribution in [1.82, 2.24) is 10.6 Å². The van der Waals surface area contributed by atoms with Crippen LogP contribution in [0.4, 0.5) is 8.78 Å². The van der Waals surface area contributed by atoms with Gasteiger partial charge in [0.25, 0.3) is 5.91 Å². The van der Waals surface area contributed by atoms with E-state index in [1.807, 2.05) is 0 Å². The standard InChI is InChI=1S/C14H16F2N2O2/c15-11-6-5-9(7-12(11)16)14(20)17-8-13(19)18-10-3-1-2-4-10/h5-7,10H,1-4,8H2,(H,17,20)(H,18,19). The lowest BCUT2D eigenvalue weighted by Crippen LogP contribution is -2.41. The molecule has 108 valence electrons. The van der Waals surface area contributed by atoms with Gasteiger partial charge in [0, 0.05) is 11.6 Å². The summed E-state index contributed by atoms with van der Waals surface area (Å²) in [6.07, 6.45) is 4.13. The Morgan fingerprint density at radius 1 is 1.15 bits per heavy atom. The lowest BCUT2D eigenvalue weighted by Gasteiger charge is -2.12. The maximum atomic E-state index is 13.0. The summed E-state index contributed by atoms with van der Waals surface area (Å²) >= 11 is 0. The first-order chi connectivity index (χ1) is 9.56. The van der Waals surface area contributed by atoms with Crippen molar-refractivity contribution in [2.24, 2.45) is 0 Å². The third-order valence-electron chi connectivity index (χ3n) is 3.31. The monoisotopic (exact) mass is 282 g/mol. The maximum Gasteiger partial charge on any atom is 0.251 e. The van der Waals surface area contributed by atoms with Crippen LogP contribution in [0.1, 0.15) is 36.0 Å². The van der Waals surface area contributed by atoms with Crippen molar-refractivity contribution < 1.29 is 18.4 Å². The van der Waals surface area contributed by atoms with Gasteiger partial charge in [0.15, 0.2) is 11.6 Å². The molecule has 0 unspecified atom stereocenters. The summed E-state index contributed by atoms with van der Waals surface area (Å²) in [5.41, 5.74) is -0.0161. The van der Waals surface area contributed by atoms with E-state index in [0.717, 1.165) is 37.8 Å². The second kappa shape index (κ2) is 6.45. The number of carbonyl (C=O) groups excluding carboxylic acids is 2. The highest BCUT2D eigenvalue weighted by atomic mass is 19.2. The van der Waals surface area contributed by atoms with Crippen LogP contribution in [-0.4, -0.2) is 24.4 Å². The summed E-state index contributed by atoms with van der Waals surface area (Å²) in [4.78, 5) is 23.3. The van der Waals surface area contributed by atoms with E-state index in [2.05, 4.69) is 10.6 Å². The second-order valence-electron chi connectivity index (χ2n) is 4.86. The highest BCUT2D eigenvalue weighted by Crippen LogP contribution is 2.17. The summed E-state index contributed by atoms with van der Waals surface area (Å²) in [5.74, 6) is -2.98. The molecule has 0 spiro atoms. The number of rotatable bonds is 4. The van der Waals surface area contributed by atoms with Gasteiger partial charge in [0.05, 0.1) is 6.54 Å². The van der Waals surface area contributed by atoms with Crippen molar-refractivity contribution in [3.05, 3.63) is 35.4 Å². The van der Waals surface area contributed by atoms with Crippen molar-refractivity contribution in [3.63, 3.8) is 0 Å². The molecule has 2 N–H and O–H groups in total. The van der Waals surface area contributed by atoms with E-state index in [1.165, 1.54) is 6.07 Å². The first-order valence-corrected chi connectivity index (χ1v) is 6.59. The Hall–Kier alpha value is -1.98. The van der Waals surface area contributed by atoms with Crippen LogP contribution in [-0.2, 0) is 4.79 Å². The molecule has 20 heavy (non-hydrogen) atoms. The molecule has 4 nitrogen and oxygen atoms in total. The van der Waals surface area contributed by atoms with E-state index in [-0.39, 0.29) is 24.1 Å². The third kappa shape index (κ3) is 3.76. The summed E-state index contributed by atoms with van der Waals surface area (Å²) in [6.45, 7) is -0.172. The largest absolute Gasteiger partial charge is 0.352 e. The molecule has 1 fully saturated rings. The highest BCUT2D eigenvalue weighted by molar-refractivity contribution is 5.96. The third-order valence-corrected chi connectivity index (χ3v) is 3.31. The average molecular weight is 282 g/mol. The molecule has 0 atom stereocenters. The molecule has 0 bridgehead atoms. The Kier molecular flexibility index (Phi) is 4.65. The van der Waals surface area contributed by atoms with E-state index in [0.29, 0.717) is 0 Å². The number of carbonyl (C=O) groups is 2. The molecule has 1 aliphatic rings. The van der Waals surface area contributed by atoms with Gasteiger partial charge in [-0.2, -0.15) is 0 Å². The number of halogens is 2. The first-order valence-electron chi connectivity index (χ1n) is 6.59. The quantitative estimate of drug-likeness (QED) is 0.884. The van der Waals surface area contributed by atoms with Crippen LogP contribution in [0.25, 0.3) is 0 Å². The Morgan fingerprint density at radius 3 is 2.50 bits per heavy atom. The van der Waals surface area contributed by atoms with Gasteiger partial charge in [-0.25, -0.2) is 8.78 Å². The Morgan fingerprint density at radius 2 is 1.85 bits per heavy atom. The van der Waals surface area contributed by atoms with Gasteiger partial charge in [-0.1, -0.05) is 12.8 Å². The van der Waals surface area contributed by atoms with Crippen molar-refractivity contribution in [3.8, 4) is 0 Å². The van der Waals surface area contributed by atoms with Crippen molar-refractivity contribution in [2.45, 2.75) is 31.7 Å². The molecule has 1 aliphatic carbocycles. The zero-order valence-electron chi connectivity index (χ0n) is 10.9. The SMILES string of the molecule is O=C(CNC(=O)c1ccc(F)c(F)c1)NC1CCCC1. The molecule has 0 saturated heterocycles. The number of nitrogens with one attached hydrogen (secondary N) is 2. The molecule has 1 saturated carbocycles. The zero-order chi connectivity index (χ0) is 14.5. The fraction of sp³-hybridized carbons (Fsp3) is 0.429. The molecule has 0 aliphatic heterocycles. The number of hydrogen-bond acceptors (Lipinski definition) is 2. The molecule has 2 amide bonds. The van der Waals surface area contributed by atoms with Crippen LogP contribution in [0.5, 0.6) is 0 Å². The maximum absolute atomic E-state index is 13.0. The van der Waals surface area contributed by atoms with Gasteiger partial charge in [0.1, 0.15) is 0 Å². The smallest absolute Gasteiger partial charge is 0.251 e. The lowest BCUT2D eigenvalue weighted by molar-refractivity contribution is -0.120. The Labute approximate surface area is 115 Å². The molecule has 0 heterocycles.